The van der Waals surface area contributed by atoms with Crippen molar-refractivity contribution in [1.82, 2.24) is 4.57 Å². The van der Waals surface area contributed by atoms with Gasteiger partial charge in [-0.1, -0.05) is 63.7 Å². The van der Waals surface area contributed by atoms with E-state index in [9.17, 15) is 14.9 Å². The number of thiazole rings is 1. The number of allylic oxidation sites excluding steroid dienone is 1. The summed E-state index contributed by atoms with van der Waals surface area (Å²) in [6, 6.07) is 18.0. The minimum atomic E-state index is -0.493. The number of halogens is 2. The molecule has 1 aliphatic heterocycles. The van der Waals surface area contributed by atoms with Crippen molar-refractivity contribution in [3.8, 4) is 5.75 Å². The lowest BCUT2D eigenvalue weighted by atomic mass is 9.83. The number of aryl methyl sites for hydroxylation is 1. The van der Waals surface area contributed by atoms with E-state index in [1.165, 1.54) is 23.0 Å². The number of benzene rings is 3. The number of hydrogen-bond donors (Lipinski definition) is 0. The second-order valence-electron chi connectivity index (χ2n) is 8.98. The highest BCUT2D eigenvalue weighted by atomic mass is 79.9. The zero-order valence-electron chi connectivity index (χ0n) is 20.0. The molecule has 2 aliphatic rings. The molecule has 0 saturated carbocycles. The SMILES string of the molecule is COc1c(Br)cc(Br)cc1/C=c1/sc2n(c1=O)C(c1cccc([N+](=O)[O-])c1)C1=C(N=2)c2ccccc2CC1. The van der Waals surface area contributed by atoms with Gasteiger partial charge < -0.3 is 4.74 Å². The van der Waals surface area contributed by atoms with Gasteiger partial charge in [-0.25, -0.2) is 4.99 Å². The van der Waals surface area contributed by atoms with Crippen LogP contribution in [0.15, 0.2) is 85.0 Å². The van der Waals surface area contributed by atoms with Gasteiger partial charge in [0.2, 0.25) is 0 Å². The molecule has 0 saturated heterocycles. The molecule has 1 aromatic heterocycles. The fraction of sp³-hybridized carbons (Fsp3) is 0.143. The Bertz CT molecular complexity index is 1860. The van der Waals surface area contributed by atoms with Gasteiger partial charge in [-0.3, -0.25) is 19.5 Å². The van der Waals surface area contributed by atoms with Crippen molar-refractivity contribution in [2.24, 2.45) is 4.99 Å². The highest BCUT2D eigenvalue weighted by Crippen LogP contribution is 2.41. The van der Waals surface area contributed by atoms with Crippen LogP contribution in [0.2, 0.25) is 0 Å². The Labute approximate surface area is 237 Å². The van der Waals surface area contributed by atoms with Crippen molar-refractivity contribution < 1.29 is 9.66 Å². The predicted molar refractivity (Wildman–Crippen MR) is 154 cm³/mol. The Balaban J connectivity index is 1.64. The molecule has 0 radical (unpaired) electrons. The van der Waals surface area contributed by atoms with Gasteiger partial charge in [0.05, 0.1) is 32.8 Å². The number of rotatable bonds is 4. The molecule has 0 fully saturated rings. The van der Waals surface area contributed by atoms with Crippen molar-refractivity contribution in [3.05, 3.63) is 127 Å². The minimum absolute atomic E-state index is 0.0105. The molecule has 0 spiro atoms. The number of hydrogen-bond acceptors (Lipinski definition) is 6. The van der Waals surface area contributed by atoms with Crippen molar-refractivity contribution >= 4 is 60.7 Å². The lowest BCUT2D eigenvalue weighted by Crippen LogP contribution is -2.38. The highest BCUT2D eigenvalue weighted by molar-refractivity contribution is 9.11. The molecular formula is C28H19Br2N3O4S. The van der Waals surface area contributed by atoms with Crippen LogP contribution in [0, 0.1) is 10.1 Å². The van der Waals surface area contributed by atoms with Gasteiger partial charge in [0.15, 0.2) is 4.80 Å². The molecule has 0 bridgehead atoms. The van der Waals surface area contributed by atoms with E-state index in [0.717, 1.165) is 37.8 Å². The second kappa shape index (κ2) is 9.76. The monoisotopic (exact) mass is 651 g/mol. The van der Waals surface area contributed by atoms with Crippen LogP contribution in [0.25, 0.3) is 11.8 Å². The lowest BCUT2D eigenvalue weighted by Gasteiger charge is -2.30. The first kappa shape index (κ1) is 25.0. The van der Waals surface area contributed by atoms with Gasteiger partial charge >= 0.3 is 0 Å². The minimum Gasteiger partial charge on any atom is -0.495 e. The predicted octanol–water partition coefficient (Wildman–Crippen LogP) is 5.76. The fourth-order valence-electron chi connectivity index (χ4n) is 5.17. The van der Waals surface area contributed by atoms with Crippen molar-refractivity contribution in [2.45, 2.75) is 18.9 Å². The first-order valence-electron chi connectivity index (χ1n) is 11.8. The number of methoxy groups -OCH3 is 1. The van der Waals surface area contributed by atoms with Crippen LogP contribution < -0.4 is 19.6 Å². The number of non-ortho nitro benzene ring substituents is 1. The Kier molecular flexibility index (Phi) is 6.41. The van der Waals surface area contributed by atoms with Gasteiger partial charge in [-0.15, -0.1) is 0 Å². The van der Waals surface area contributed by atoms with Gasteiger partial charge in [-0.05, 0) is 63.7 Å². The Hall–Kier alpha value is -3.34. The topological polar surface area (TPSA) is 86.7 Å². The summed E-state index contributed by atoms with van der Waals surface area (Å²) in [5.41, 5.74) is 5.30. The summed E-state index contributed by atoms with van der Waals surface area (Å²) in [5, 5.41) is 11.6. The zero-order chi connectivity index (χ0) is 26.6. The smallest absolute Gasteiger partial charge is 0.271 e. The van der Waals surface area contributed by atoms with Crippen molar-refractivity contribution in [3.63, 3.8) is 0 Å². The van der Waals surface area contributed by atoms with E-state index < -0.39 is 11.0 Å². The van der Waals surface area contributed by atoms with Crippen LogP contribution in [0.5, 0.6) is 5.75 Å². The van der Waals surface area contributed by atoms with Crippen molar-refractivity contribution in [1.29, 1.82) is 0 Å². The third kappa shape index (κ3) is 4.16. The van der Waals surface area contributed by atoms with E-state index >= 15 is 0 Å². The summed E-state index contributed by atoms with van der Waals surface area (Å²) in [4.78, 5) is 30.7. The van der Waals surface area contributed by atoms with Gasteiger partial charge in [0.1, 0.15) is 5.75 Å². The van der Waals surface area contributed by atoms with E-state index in [1.807, 2.05) is 30.3 Å². The summed E-state index contributed by atoms with van der Waals surface area (Å²) in [5.74, 6) is 0.613. The van der Waals surface area contributed by atoms with Gasteiger partial charge in [-0.2, -0.15) is 0 Å². The molecule has 3 aromatic carbocycles. The normalized spacial score (nSPS) is 16.4. The Morgan fingerprint density at radius 2 is 1.95 bits per heavy atom. The van der Waals surface area contributed by atoms with E-state index in [0.29, 0.717) is 27.1 Å². The van der Waals surface area contributed by atoms with E-state index in [2.05, 4.69) is 44.0 Å². The molecule has 6 rings (SSSR count). The summed E-state index contributed by atoms with van der Waals surface area (Å²) < 4.78 is 9.37. The molecule has 1 aliphatic carbocycles. The third-order valence-electron chi connectivity index (χ3n) is 6.80. The molecule has 1 atom stereocenters. The molecule has 1 unspecified atom stereocenters. The van der Waals surface area contributed by atoms with Crippen LogP contribution >= 0.6 is 43.2 Å². The largest absolute Gasteiger partial charge is 0.495 e. The summed E-state index contributed by atoms with van der Waals surface area (Å²) >= 11 is 8.34. The molecule has 38 heavy (non-hydrogen) atoms. The zero-order valence-corrected chi connectivity index (χ0v) is 24.0. The van der Waals surface area contributed by atoms with E-state index in [-0.39, 0.29) is 11.2 Å². The second-order valence-corrected chi connectivity index (χ2v) is 11.8. The molecule has 10 heteroatoms. The number of fused-ring (bicyclic) bond motifs is 3. The van der Waals surface area contributed by atoms with E-state index in [4.69, 9.17) is 9.73 Å². The summed E-state index contributed by atoms with van der Waals surface area (Å²) in [7, 11) is 1.58. The van der Waals surface area contributed by atoms with Gasteiger partial charge in [0, 0.05) is 27.7 Å². The average molecular weight is 653 g/mol. The van der Waals surface area contributed by atoms with Crippen LogP contribution in [-0.4, -0.2) is 16.6 Å². The number of ether oxygens (including phenoxy) is 1. The number of nitro benzene ring substituents is 1. The maximum absolute atomic E-state index is 14.0. The molecular weight excluding hydrogens is 634 g/mol. The van der Waals surface area contributed by atoms with Gasteiger partial charge in [0.25, 0.3) is 11.2 Å². The molecule has 190 valence electrons. The number of aromatic nitrogens is 1. The fourth-order valence-corrected chi connectivity index (χ4v) is 7.59. The third-order valence-corrected chi connectivity index (χ3v) is 8.83. The molecule has 2 heterocycles. The number of nitro groups is 1. The van der Waals surface area contributed by atoms with Crippen LogP contribution in [0.4, 0.5) is 5.69 Å². The summed E-state index contributed by atoms with van der Waals surface area (Å²) in [6.07, 6.45) is 3.32. The average Bonchev–Trinajstić information content (AvgIpc) is 3.21. The van der Waals surface area contributed by atoms with Crippen LogP contribution in [0.1, 0.15) is 34.7 Å². The highest BCUT2D eigenvalue weighted by Gasteiger charge is 2.33. The summed E-state index contributed by atoms with van der Waals surface area (Å²) in [6.45, 7) is 0. The molecule has 0 N–H and O–H groups in total. The van der Waals surface area contributed by atoms with Crippen LogP contribution in [0.3, 0.4) is 0 Å². The van der Waals surface area contributed by atoms with Crippen molar-refractivity contribution in [2.75, 3.05) is 7.11 Å². The lowest BCUT2D eigenvalue weighted by molar-refractivity contribution is -0.384. The quantitative estimate of drug-likeness (QED) is 0.207. The maximum atomic E-state index is 14.0. The molecule has 7 nitrogen and oxygen atoms in total. The first-order chi connectivity index (χ1) is 18.4. The standard InChI is InChI=1S/C28H19Br2N3O4S/c1-37-26-17(11-18(29)14-22(26)30)13-23-27(34)32-25(16-6-4-7-19(12-16)33(35)36)21-10-9-15-5-2-3-8-20(15)24(21)31-28(32)38-23/h2-8,11-14,25H,9-10H2,1H3/b23-13+. The first-order valence-corrected chi connectivity index (χ1v) is 14.2. The Morgan fingerprint density at radius 1 is 1.13 bits per heavy atom. The number of nitrogens with zero attached hydrogens (tertiary/aromatic N) is 3. The van der Waals surface area contributed by atoms with E-state index in [1.54, 1.807) is 29.9 Å². The maximum Gasteiger partial charge on any atom is 0.271 e. The van der Waals surface area contributed by atoms with Crippen LogP contribution in [-0.2, 0) is 6.42 Å². The Morgan fingerprint density at radius 3 is 2.74 bits per heavy atom. The molecule has 4 aromatic rings. The molecule has 0 amide bonds.